The van der Waals surface area contributed by atoms with E-state index in [2.05, 4.69) is 0 Å². The Bertz CT molecular complexity index is 73.0. The fourth-order valence-electron chi connectivity index (χ4n) is 0. The summed E-state index contributed by atoms with van der Waals surface area (Å²) in [7, 11) is 0. The van der Waals surface area contributed by atoms with Crippen molar-refractivity contribution in [3.8, 4) is 0 Å². The van der Waals surface area contributed by atoms with Crippen LogP contribution in [0.4, 0.5) is 0 Å². The first-order valence-corrected chi connectivity index (χ1v) is 2.56. The predicted octanol–water partition coefficient (Wildman–Crippen LogP) is -1.18. The van der Waals surface area contributed by atoms with E-state index in [0.29, 0.717) is 0 Å². The van der Waals surface area contributed by atoms with E-state index in [0.717, 1.165) is 0 Å². The van der Waals surface area contributed by atoms with Crippen LogP contribution >= 0.6 is 0 Å². The third kappa shape index (κ3) is 56700. The van der Waals surface area contributed by atoms with Gasteiger partial charge in [0.25, 0.3) is 0 Å². The first-order chi connectivity index (χ1) is 1.73. The Morgan fingerprint density at radius 1 is 1.00 bits per heavy atom. The fraction of sp³-hybridized carbons (Fsp3) is 0. The summed E-state index contributed by atoms with van der Waals surface area (Å²) in [4.78, 5) is 0. The van der Waals surface area contributed by atoms with E-state index in [-0.39, 0.29) is 5.48 Å². The molecular weight excluding hydrogens is 165 g/mol. The van der Waals surface area contributed by atoms with Crippen molar-refractivity contribution in [2.75, 3.05) is 0 Å². The molecule has 0 rings (SSSR count). The molecule has 0 bridgehead atoms. The van der Waals surface area contributed by atoms with Crippen LogP contribution in [0.1, 0.15) is 0 Å². The van der Waals surface area contributed by atoms with E-state index >= 15 is 0 Å². The van der Waals surface area contributed by atoms with Crippen LogP contribution < -0.4 is 0 Å². The molecule has 0 unspecified atom stereocenters. The summed E-state index contributed by atoms with van der Waals surface area (Å²) >= 11 is -3.92. The van der Waals surface area contributed by atoms with Gasteiger partial charge < -0.3 is 5.48 Å². The van der Waals surface area contributed by atoms with Gasteiger partial charge in [0.2, 0.25) is 0 Å². The van der Waals surface area contributed by atoms with Gasteiger partial charge in [0.15, 0.2) is 0 Å². The Labute approximate surface area is 32.8 Å². The Kier molecular flexibility index (Phi) is 7.08. The van der Waals surface area contributed by atoms with Gasteiger partial charge in [0.05, 0.1) is 0 Å². The molecule has 0 radical (unpaired) electrons. The maximum absolute atomic E-state index is 8.56. The molecular formula is H2O4Ru. The molecule has 5 heteroatoms. The summed E-state index contributed by atoms with van der Waals surface area (Å²) in [5, 5.41) is 0. The minimum absolute atomic E-state index is 0. The Morgan fingerprint density at radius 2 is 1.00 bits per heavy atom. The van der Waals surface area contributed by atoms with Crippen LogP contribution in [0.2, 0.25) is 0 Å². The summed E-state index contributed by atoms with van der Waals surface area (Å²) in [6.45, 7) is 0. The molecule has 0 fully saturated rings. The molecule has 0 atom stereocenters. The summed E-state index contributed by atoms with van der Waals surface area (Å²) in [5.74, 6) is 0. The van der Waals surface area contributed by atoms with Gasteiger partial charge in [-0.05, 0) is 0 Å². The van der Waals surface area contributed by atoms with Gasteiger partial charge in [-0.25, -0.2) is 0 Å². The van der Waals surface area contributed by atoms with Gasteiger partial charge in [0.1, 0.15) is 0 Å². The average Bonchev–Trinajstić information content (AvgIpc) is 0.811. The van der Waals surface area contributed by atoms with Gasteiger partial charge in [-0.3, -0.25) is 0 Å². The van der Waals surface area contributed by atoms with Gasteiger partial charge in [-0.2, -0.15) is 0 Å². The molecule has 34 valence electrons. The van der Waals surface area contributed by atoms with Gasteiger partial charge >= 0.3 is 26.5 Å². The molecule has 4 nitrogen and oxygen atoms in total. The van der Waals surface area contributed by atoms with Crippen molar-refractivity contribution < 1.29 is 32.0 Å². The second-order valence-electron chi connectivity index (χ2n) is 0.177. The van der Waals surface area contributed by atoms with Crippen LogP contribution in [0.5, 0.6) is 0 Å². The summed E-state index contributed by atoms with van der Waals surface area (Å²) < 4.78 is 25.7. The molecule has 0 aromatic carbocycles. The quantitative estimate of drug-likeness (QED) is 0.425. The van der Waals surface area contributed by atoms with Crippen LogP contribution in [-0.2, 0) is 26.5 Å². The zero-order valence-corrected chi connectivity index (χ0v) is 3.82. The van der Waals surface area contributed by atoms with E-state index in [4.69, 9.17) is 10.7 Å². The zero-order chi connectivity index (χ0) is 3.58. The number of rotatable bonds is 0. The average molecular weight is 167 g/mol. The molecule has 0 heterocycles. The Morgan fingerprint density at radius 3 is 1.00 bits per heavy atom. The van der Waals surface area contributed by atoms with Crippen molar-refractivity contribution in [1.82, 2.24) is 0 Å². The standard InChI is InChI=1S/H2O.3O.Ru/h1H2;;;;. The SMILES string of the molecule is O.[O]=[Ru](=[O])=[O]. The summed E-state index contributed by atoms with van der Waals surface area (Å²) in [5.41, 5.74) is 0. The first kappa shape index (κ1) is 8.88. The van der Waals surface area contributed by atoms with E-state index in [1.807, 2.05) is 0 Å². The molecule has 0 aliphatic heterocycles. The van der Waals surface area contributed by atoms with Gasteiger partial charge in [0, 0.05) is 0 Å². The number of hydrogen-bond acceptors (Lipinski definition) is 3. The summed E-state index contributed by atoms with van der Waals surface area (Å²) in [6.07, 6.45) is 0. The van der Waals surface area contributed by atoms with Crippen molar-refractivity contribution in [1.29, 1.82) is 0 Å². The zero-order valence-electron chi connectivity index (χ0n) is 2.08. The molecule has 0 saturated carbocycles. The third-order valence-corrected chi connectivity index (χ3v) is 0. The van der Waals surface area contributed by atoms with Crippen molar-refractivity contribution in [3.05, 3.63) is 0 Å². The van der Waals surface area contributed by atoms with Crippen LogP contribution in [0, 0.1) is 0 Å². The van der Waals surface area contributed by atoms with Crippen LogP contribution in [0.3, 0.4) is 0 Å². The van der Waals surface area contributed by atoms with E-state index < -0.39 is 15.8 Å². The normalized spacial score (nSPS) is 6.60. The Hall–Kier alpha value is -0.0166. The van der Waals surface area contributed by atoms with Crippen LogP contribution in [0.15, 0.2) is 0 Å². The Balaban J connectivity index is 0. The second-order valence-corrected chi connectivity index (χ2v) is 1.05. The summed E-state index contributed by atoms with van der Waals surface area (Å²) in [6, 6.07) is 0. The predicted molar refractivity (Wildman–Crippen MR) is 5.67 cm³/mol. The second kappa shape index (κ2) is 3.98. The fourth-order valence-corrected chi connectivity index (χ4v) is 0. The topological polar surface area (TPSA) is 82.7 Å². The van der Waals surface area contributed by atoms with Crippen LogP contribution in [-0.4, -0.2) is 5.48 Å². The first-order valence-electron chi connectivity index (χ1n) is 0.433. The van der Waals surface area contributed by atoms with Crippen LogP contribution in [0.25, 0.3) is 0 Å². The van der Waals surface area contributed by atoms with Crippen molar-refractivity contribution >= 4 is 0 Å². The molecule has 2 N–H and O–H groups in total. The minimum atomic E-state index is -3.92. The molecule has 0 aliphatic carbocycles. The van der Waals surface area contributed by atoms with Crippen molar-refractivity contribution in [2.24, 2.45) is 0 Å². The molecule has 0 spiro atoms. The van der Waals surface area contributed by atoms with E-state index in [1.165, 1.54) is 0 Å². The number of hydrogen-bond donors (Lipinski definition) is 0. The molecule has 0 amide bonds. The van der Waals surface area contributed by atoms with Gasteiger partial charge in [-0.1, -0.05) is 0 Å². The molecule has 5 heavy (non-hydrogen) atoms. The molecule has 0 aromatic heterocycles. The van der Waals surface area contributed by atoms with Gasteiger partial charge in [-0.15, -0.1) is 0 Å². The molecule has 0 saturated heterocycles. The molecule has 0 aliphatic rings. The van der Waals surface area contributed by atoms with Crippen molar-refractivity contribution in [2.45, 2.75) is 0 Å². The van der Waals surface area contributed by atoms with E-state index in [1.54, 1.807) is 0 Å². The monoisotopic (exact) mass is 168 g/mol. The maximum atomic E-state index is 8.56. The van der Waals surface area contributed by atoms with E-state index in [9.17, 15) is 0 Å². The van der Waals surface area contributed by atoms with Crippen molar-refractivity contribution in [3.63, 3.8) is 0 Å². The third-order valence-electron chi connectivity index (χ3n) is 0. The molecule has 0 aromatic rings.